The van der Waals surface area contributed by atoms with E-state index in [0.29, 0.717) is 0 Å². The van der Waals surface area contributed by atoms with E-state index in [-0.39, 0.29) is 0 Å². The summed E-state index contributed by atoms with van der Waals surface area (Å²) in [6.45, 7) is 0. The fraction of sp³-hybridized carbons (Fsp3) is 0. The standard InChI is InChI=1S/C50H31N5O/c1-3-15-32(16-4-1)49-51-52-50(55(49)33-17-5-2-6-18-33)42-25-14-24-39-36-21-7-10-26-43(36)53(46(39)42)34-19-13-20-35(31-34)54-44-27-11-8-22-37(44)40-29-30-41-38-23-9-12-28-45(38)56-48(41)47(40)54/h1-31H. The molecular weight excluding hydrogens is 687 g/mol. The largest absolute Gasteiger partial charge is 0.454 e. The van der Waals surface area contributed by atoms with Gasteiger partial charge in [-0.2, -0.15) is 0 Å². The summed E-state index contributed by atoms with van der Waals surface area (Å²) in [5, 5.41) is 16.7. The number of hydrogen-bond acceptors (Lipinski definition) is 3. The highest BCUT2D eigenvalue weighted by Gasteiger charge is 2.24. The Morgan fingerprint density at radius 2 is 0.893 bits per heavy atom. The van der Waals surface area contributed by atoms with Crippen LogP contribution in [0.15, 0.2) is 192 Å². The molecule has 0 unspecified atom stereocenters. The Morgan fingerprint density at radius 1 is 0.357 bits per heavy atom. The fourth-order valence-corrected chi connectivity index (χ4v) is 8.79. The molecular formula is C50H31N5O. The van der Waals surface area contributed by atoms with E-state index >= 15 is 0 Å². The number of fused-ring (bicyclic) bond motifs is 10. The van der Waals surface area contributed by atoms with Crippen LogP contribution < -0.4 is 0 Å². The highest BCUT2D eigenvalue weighted by molar-refractivity contribution is 6.21. The Balaban J connectivity index is 1.15. The molecule has 262 valence electrons. The molecule has 6 nitrogen and oxygen atoms in total. The summed E-state index contributed by atoms with van der Waals surface area (Å²) in [5.41, 5.74) is 11.2. The Labute approximate surface area is 320 Å². The van der Waals surface area contributed by atoms with Crippen LogP contribution in [-0.2, 0) is 0 Å². The van der Waals surface area contributed by atoms with Gasteiger partial charge in [-0.15, -0.1) is 10.2 Å². The maximum absolute atomic E-state index is 6.68. The van der Waals surface area contributed by atoms with Crippen molar-refractivity contribution in [3.63, 3.8) is 0 Å². The average molecular weight is 718 g/mol. The van der Waals surface area contributed by atoms with Crippen LogP contribution in [-0.4, -0.2) is 23.9 Å². The van der Waals surface area contributed by atoms with E-state index in [2.05, 4.69) is 171 Å². The second-order valence-corrected chi connectivity index (χ2v) is 14.2. The van der Waals surface area contributed by atoms with Crippen LogP contribution in [0.1, 0.15) is 0 Å². The summed E-state index contributed by atoms with van der Waals surface area (Å²) in [5.74, 6) is 1.56. The Bertz CT molecular complexity index is 3480. The van der Waals surface area contributed by atoms with Crippen molar-refractivity contribution in [1.82, 2.24) is 23.9 Å². The van der Waals surface area contributed by atoms with Crippen LogP contribution in [0.3, 0.4) is 0 Å². The normalized spacial score (nSPS) is 11.9. The third-order valence-electron chi connectivity index (χ3n) is 11.2. The lowest BCUT2D eigenvalue weighted by Gasteiger charge is -2.15. The van der Waals surface area contributed by atoms with Crippen molar-refractivity contribution in [2.45, 2.75) is 0 Å². The zero-order valence-electron chi connectivity index (χ0n) is 30.0. The second-order valence-electron chi connectivity index (χ2n) is 14.2. The Morgan fingerprint density at radius 3 is 1.64 bits per heavy atom. The molecule has 0 radical (unpaired) electrons. The molecule has 4 heterocycles. The Kier molecular flexibility index (Phi) is 6.53. The molecule has 0 aliphatic heterocycles. The highest BCUT2D eigenvalue weighted by Crippen LogP contribution is 2.42. The van der Waals surface area contributed by atoms with E-state index < -0.39 is 0 Å². The second kappa shape index (κ2) is 11.9. The van der Waals surface area contributed by atoms with Crippen molar-refractivity contribution >= 4 is 65.6 Å². The van der Waals surface area contributed by atoms with Crippen LogP contribution in [0.4, 0.5) is 0 Å². The summed E-state index contributed by atoms with van der Waals surface area (Å²) in [7, 11) is 0. The molecule has 4 aromatic heterocycles. The van der Waals surface area contributed by atoms with Gasteiger partial charge < -0.3 is 13.6 Å². The first-order valence-electron chi connectivity index (χ1n) is 18.8. The first-order valence-corrected chi connectivity index (χ1v) is 18.8. The smallest absolute Gasteiger partial charge is 0.171 e. The number of rotatable bonds is 5. The number of furan rings is 1. The van der Waals surface area contributed by atoms with Gasteiger partial charge >= 0.3 is 0 Å². The van der Waals surface area contributed by atoms with Crippen molar-refractivity contribution in [2.24, 2.45) is 0 Å². The third-order valence-corrected chi connectivity index (χ3v) is 11.2. The molecule has 0 aliphatic carbocycles. The Hall–Kier alpha value is -7.70. The predicted molar refractivity (Wildman–Crippen MR) is 228 cm³/mol. The first kappa shape index (κ1) is 30.7. The predicted octanol–water partition coefficient (Wildman–Crippen LogP) is 12.7. The van der Waals surface area contributed by atoms with Crippen molar-refractivity contribution in [2.75, 3.05) is 0 Å². The quantitative estimate of drug-likeness (QED) is 0.178. The zero-order valence-corrected chi connectivity index (χ0v) is 30.0. The number of hydrogen-bond donors (Lipinski definition) is 0. The van der Waals surface area contributed by atoms with E-state index in [1.807, 2.05) is 30.3 Å². The van der Waals surface area contributed by atoms with Crippen LogP contribution in [0.5, 0.6) is 0 Å². The molecule has 12 rings (SSSR count). The van der Waals surface area contributed by atoms with Crippen molar-refractivity contribution in [3.8, 4) is 39.8 Å². The molecule has 0 spiro atoms. The number of benzene rings is 8. The van der Waals surface area contributed by atoms with Gasteiger partial charge in [-0.25, -0.2) is 0 Å². The highest BCUT2D eigenvalue weighted by atomic mass is 16.3. The van der Waals surface area contributed by atoms with Gasteiger partial charge in [-0.3, -0.25) is 4.57 Å². The number of para-hydroxylation sites is 5. The summed E-state index contributed by atoms with van der Waals surface area (Å²) in [6.07, 6.45) is 0. The van der Waals surface area contributed by atoms with E-state index in [1.165, 1.54) is 10.8 Å². The summed E-state index contributed by atoms with van der Waals surface area (Å²) in [6, 6.07) is 66.1. The van der Waals surface area contributed by atoms with Crippen molar-refractivity contribution < 1.29 is 4.42 Å². The van der Waals surface area contributed by atoms with Gasteiger partial charge in [0.2, 0.25) is 0 Å². The molecule has 56 heavy (non-hydrogen) atoms. The van der Waals surface area contributed by atoms with E-state index in [0.717, 1.165) is 94.6 Å². The van der Waals surface area contributed by atoms with Gasteiger partial charge in [-0.05, 0) is 60.7 Å². The first-order chi connectivity index (χ1) is 27.8. The van der Waals surface area contributed by atoms with Gasteiger partial charge in [-0.1, -0.05) is 127 Å². The summed E-state index contributed by atoms with van der Waals surface area (Å²) >= 11 is 0. The van der Waals surface area contributed by atoms with Gasteiger partial charge in [0, 0.05) is 60.5 Å². The van der Waals surface area contributed by atoms with Crippen LogP contribution >= 0.6 is 0 Å². The molecule has 12 aromatic rings. The molecule has 0 saturated carbocycles. The minimum atomic E-state index is 0.774. The van der Waals surface area contributed by atoms with Gasteiger partial charge in [0.05, 0.1) is 22.1 Å². The monoisotopic (exact) mass is 717 g/mol. The molecule has 0 fully saturated rings. The van der Waals surface area contributed by atoms with Crippen molar-refractivity contribution in [1.29, 1.82) is 0 Å². The lowest BCUT2D eigenvalue weighted by Crippen LogP contribution is -2.03. The number of nitrogens with zero attached hydrogens (tertiary/aromatic N) is 5. The molecule has 8 aromatic carbocycles. The molecule has 0 N–H and O–H groups in total. The molecule has 0 aliphatic rings. The van der Waals surface area contributed by atoms with Crippen LogP contribution in [0.25, 0.3) is 105 Å². The summed E-state index contributed by atoms with van der Waals surface area (Å²) < 4.78 is 13.6. The lowest BCUT2D eigenvalue weighted by molar-refractivity contribution is 0.671. The molecule has 0 atom stereocenters. The third kappa shape index (κ3) is 4.38. The van der Waals surface area contributed by atoms with E-state index in [1.54, 1.807) is 0 Å². The van der Waals surface area contributed by atoms with E-state index in [9.17, 15) is 0 Å². The number of aromatic nitrogens is 5. The SMILES string of the molecule is c1ccc(-c2nnc(-c3cccc4c5ccccc5n(-c5cccc(-n6c7ccccc7c7ccc8c9ccccc9oc8c76)c5)c34)n2-c2ccccc2)cc1. The molecule has 0 saturated heterocycles. The maximum atomic E-state index is 6.68. The van der Waals surface area contributed by atoms with Gasteiger partial charge in [0.25, 0.3) is 0 Å². The van der Waals surface area contributed by atoms with E-state index in [4.69, 9.17) is 14.6 Å². The molecule has 0 amide bonds. The van der Waals surface area contributed by atoms with Crippen LogP contribution in [0, 0.1) is 0 Å². The molecule has 6 heteroatoms. The minimum absolute atomic E-state index is 0.774. The van der Waals surface area contributed by atoms with Gasteiger partial charge in [0.15, 0.2) is 17.2 Å². The summed E-state index contributed by atoms with van der Waals surface area (Å²) in [4.78, 5) is 0. The van der Waals surface area contributed by atoms with Crippen LogP contribution in [0.2, 0.25) is 0 Å². The molecule has 0 bridgehead atoms. The lowest BCUT2D eigenvalue weighted by atomic mass is 10.1. The maximum Gasteiger partial charge on any atom is 0.171 e. The zero-order chi connectivity index (χ0) is 36.7. The fourth-order valence-electron chi connectivity index (χ4n) is 8.79. The topological polar surface area (TPSA) is 53.7 Å². The minimum Gasteiger partial charge on any atom is -0.454 e. The average Bonchev–Trinajstić information content (AvgIpc) is 4.04. The van der Waals surface area contributed by atoms with Gasteiger partial charge in [0.1, 0.15) is 5.58 Å². The van der Waals surface area contributed by atoms with Crippen molar-refractivity contribution in [3.05, 3.63) is 188 Å².